The van der Waals surface area contributed by atoms with E-state index in [1.54, 1.807) is 0 Å². The molecule has 0 saturated carbocycles. The highest BCUT2D eigenvalue weighted by molar-refractivity contribution is 5.19. The topological polar surface area (TPSA) is 0 Å². The van der Waals surface area contributed by atoms with Crippen molar-refractivity contribution < 1.29 is 0 Å². The van der Waals surface area contributed by atoms with Crippen LogP contribution in [0.4, 0.5) is 0 Å². The van der Waals surface area contributed by atoms with Gasteiger partial charge in [0.2, 0.25) is 0 Å². The van der Waals surface area contributed by atoms with Gasteiger partial charge in [-0.15, -0.1) is 0 Å². The molecule has 2 aromatic carbocycles. The Kier molecular flexibility index (Phi) is 7.07. The smallest absolute Gasteiger partial charge is 0.0162 e. The van der Waals surface area contributed by atoms with Crippen LogP contribution in [0.1, 0.15) is 62.5 Å². The fraction of sp³-hybridized carbons (Fsp3) is 0.429. The van der Waals surface area contributed by atoms with Crippen LogP contribution in [0.25, 0.3) is 0 Å². The first-order valence-electron chi connectivity index (χ1n) is 8.40. The summed E-state index contributed by atoms with van der Waals surface area (Å²) < 4.78 is 0. The molecule has 0 spiro atoms. The first-order valence-corrected chi connectivity index (χ1v) is 8.40. The van der Waals surface area contributed by atoms with Gasteiger partial charge in [-0.1, -0.05) is 80.8 Å². The summed E-state index contributed by atoms with van der Waals surface area (Å²) >= 11 is 0. The highest BCUT2D eigenvalue weighted by Crippen LogP contribution is 2.27. The lowest BCUT2D eigenvalue weighted by atomic mass is 9.88. The van der Waals surface area contributed by atoms with E-state index in [1.807, 2.05) is 12.1 Å². The molecular formula is C21H27. The standard InChI is InChI=1S/C21H27/c1-2-3-15-20(21-16-8-5-9-17-21)18-11-10-14-19-12-6-4-7-13-19/h5-9,12-13,16-17,20H,2-3,10-11,14-15,18H2,1H3. The van der Waals surface area contributed by atoms with E-state index >= 15 is 0 Å². The van der Waals surface area contributed by atoms with Gasteiger partial charge in [0.05, 0.1) is 0 Å². The van der Waals surface area contributed by atoms with E-state index in [4.69, 9.17) is 0 Å². The van der Waals surface area contributed by atoms with Crippen molar-refractivity contribution in [2.75, 3.05) is 0 Å². The maximum Gasteiger partial charge on any atom is -0.0162 e. The van der Waals surface area contributed by atoms with Crippen molar-refractivity contribution in [1.82, 2.24) is 0 Å². The normalized spacial score (nSPS) is 12.2. The third-order valence-electron chi connectivity index (χ3n) is 4.23. The monoisotopic (exact) mass is 279 g/mol. The molecule has 0 heterocycles. The molecule has 0 nitrogen and oxygen atoms in total. The van der Waals surface area contributed by atoms with Crippen molar-refractivity contribution >= 4 is 0 Å². The third kappa shape index (κ3) is 5.75. The van der Waals surface area contributed by atoms with Gasteiger partial charge < -0.3 is 0 Å². The van der Waals surface area contributed by atoms with Crippen molar-refractivity contribution in [3.8, 4) is 0 Å². The minimum Gasteiger partial charge on any atom is -0.0654 e. The quantitative estimate of drug-likeness (QED) is 0.481. The highest BCUT2D eigenvalue weighted by atomic mass is 14.1. The second kappa shape index (κ2) is 9.39. The molecular weight excluding hydrogens is 252 g/mol. The minimum absolute atomic E-state index is 0.746. The van der Waals surface area contributed by atoms with Crippen LogP contribution in [-0.2, 0) is 6.42 Å². The zero-order chi connectivity index (χ0) is 14.8. The molecule has 1 atom stereocenters. The molecule has 0 saturated heterocycles. The van der Waals surface area contributed by atoms with Crippen LogP contribution < -0.4 is 0 Å². The lowest BCUT2D eigenvalue weighted by Gasteiger charge is -2.17. The van der Waals surface area contributed by atoms with Crippen molar-refractivity contribution in [3.63, 3.8) is 0 Å². The van der Waals surface area contributed by atoms with Crippen molar-refractivity contribution in [2.45, 2.75) is 57.8 Å². The maximum atomic E-state index is 3.09. The molecule has 0 bridgehead atoms. The predicted octanol–water partition coefficient (Wildman–Crippen LogP) is 6.17. The molecule has 1 radical (unpaired) electrons. The average Bonchev–Trinajstić information content (AvgIpc) is 2.56. The van der Waals surface area contributed by atoms with Crippen LogP contribution >= 0.6 is 0 Å². The summed E-state index contributed by atoms with van der Waals surface area (Å²) in [4.78, 5) is 0. The summed E-state index contributed by atoms with van der Waals surface area (Å²) in [5, 5.41) is 0. The van der Waals surface area contributed by atoms with Crippen molar-refractivity contribution in [2.24, 2.45) is 0 Å². The minimum atomic E-state index is 0.746. The van der Waals surface area contributed by atoms with Crippen molar-refractivity contribution in [3.05, 3.63) is 71.8 Å². The second-order valence-electron chi connectivity index (χ2n) is 5.90. The van der Waals surface area contributed by atoms with Crippen LogP contribution in [0, 0.1) is 6.07 Å². The van der Waals surface area contributed by atoms with Crippen LogP contribution in [0.2, 0.25) is 0 Å². The Labute approximate surface area is 130 Å². The van der Waals surface area contributed by atoms with E-state index in [1.165, 1.54) is 56.1 Å². The Balaban J connectivity index is 1.79. The maximum absolute atomic E-state index is 3.09. The summed E-state index contributed by atoms with van der Waals surface area (Å²) in [6.07, 6.45) is 9.10. The third-order valence-corrected chi connectivity index (χ3v) is 4.23. The fourth-order valence-corrected chi connectivity index (χ4v) is 2.96. The van der Waals surface area contributed by atoms with E-state index in [-0.39, 0.29) is 0 Å². The van der Waals surface area contributed by atoms with Gasteiger partial charge in [0.15, 0.2) is 0 Å². The van der Waals surface area contributed by atoms with Gasteiger partial charge in [-0.25, -0.2) is 0 Å². The van der Waals surface area contributed by atoms with Gasteiger partial charge in [0.25, 0.3) is 0 Å². The SMILES string of the molecule is CCCCC(CCCCc1cc[c]cc1)c1ccccc1. The van der Waals surface area contributed by atoms with Gasteiger partial charge in [0, 0.05) is 0 Å². The van der Waals surface area contributed by atoms with Crippen LogP contribution in [0.15, 0.2) is 54.6 Å². The molecule has 111 valence electrons. The molecule has 0 aliphatic carbocycles. The van der Waals surface area contributed by atoms with Gasteiger partial charge in [-0.05, 0) is 48.8 Å². The molecule has 2 aromatic rings. The van der Waals surface area contributed by atoms with E-state index < -0.39 is 0 Å². The molecule has 0 fully saturated rings. The summed E-state index contributed by atoms with van der Waals surface area (Å²) in [5.74, 6) is 0.746. The molecule has 21 heavy (non-hydrogen) atoms. The molecule has 0 aliphatic heterocycles. The summed E-state index contributed by atoms with van der Waals surface area (Å²) in [6.45, 7) is 2.29. The van der Waals surface area contributed by atoms with Gasteiger partial charge in [-0.3, -0.25) is 0 Å². The lowest BCUT2D eigenvalue weighted by Crippen LogP contribution is -1.99. The Hall–Kier alpha value is -1.56. The lowest BCUT2D eigenvalue weighted by molar-refractivity contribution is 0.517. The number of hydrogen-bond donors (Lipinski definition) is 0. The first kappa shape index (κ1) is 15.8. The number of unbranched alkanes of at least 4 members (excludes halogenated alkanes) is 2. The molecule has 0 aliphatic rings. The largest absolute Gasteiger partial charge is 0.0654 e. The Morgan fingerprint density at radius 3 is 2.29 bits per heavy atom. The first-order chi connectivity index (χ1) is 10.4. The molecule has 0 N–H and O–H groups in total. The van der Waals surface area contributed by atoms with E-state index in [0.29, 0.717) is 0 Å². The Morgan fingerprint density at radius 1 is 0.857 bits per heavy atom. The van der Waals surface area contributed by atoms with Gasteiger partial charge >= 0.3 is 0 Å². The number of rotatable bonds is 9. The van der Waals surface area contributed by atoms with Crippen LogP contribution in [0.3, 0.4) is 0 Å². The fourth-order valence-electron chi connectivity index (χ4n) is 2.96. The molecule has 1 unspecified atom stereocenters. The summed E-state index contributed by atoms with van der Waals surface area (Å²) in [6, 6.07) is 22.6. The van der Waals surface area contributed by atoms with E-state index in [2.05, 4.69) is 55.5 Å². The summed E-state index contributed by atoms with van der Waals surface area (Å²) in [5.41, 5.74) is 2.97. The van der Waals surface area contributed by atoms with Crippen LogP contribution in [0.5, 0.6) is 0 Å². The number of aryl methyl sites for hydroxylation is 1. The second-order valence-corrected chi connectivity index (χ2v) is 5.90. The van der Waals surface area contributed by atoms with Gasteiger partial charge in [-0.2, -0.15) is 0 Å². The Morgan fingerprint density at radius 2 is 1.57 bits per heavy atom. The number of benzene rings is 2. The predicted molar refractivity (Wildman–Crippen MR) is 91.5 cm³/mol. The van der Waals surface area contributed by atoms with Crippen LogP contribution in [-0.4, -0.2) is 0 Å². The Bertz CT molecular complexity index is 472. The number of hydrogen-bond acceptors (Lipinski definition) is 0. The van der Waals surface area contributed by atoms with E-state index in [0.717, 1.165) is 5.92 Å². The van der Waals surface area contributed by atoms with E-state index in [9.17, 15) is 0 Å². The zero-order valence-corrected chi connectivity index (χ0v) is 13.2. The molecule has 0 aromatic heterocycles. The van der Waals surface area contributed by atoms with Gasteiger partial charge in [0.1, 0.15) is 0 Å². The molecule has 2 rings (SSSR count). The zero-order valence-electron chi connectivity index (χ0n) is 13.2. The average molecular weight is 279 g/mol. The molecule has 0 heteroatoms. The van der Waals surface area contributed by atoms with Crippen molar-refractivity contribution in [1.29, 1.82) is 0 Å². The molecule has 0 amide bonds. The summed E-state index contributed by atoms with van der Waals surface area (Å²) in [7, 11) is 0. The highest BCUT2D eigenvalue weighted by Gasteiger charge is 2.10.